The fourth-order valence-corrected chi connectivity index (χ4v) is 8.06. The van der Waals surface area contributed by atoms with E-state index < -0.39 is 28.9 Å². The van der Waals surface area contributed by atoms with E-state index in [4.69, 9.17) is 26.3 Å². The Bertz CT molecular complexity index is 2060. The number of H-pyrrole nitrogens is 1. The van der Waals surface area contributed by atoms with Gasteiger partial charge in [-0.05, 0) is 72.7 Å². The van der Waals surface area contributed by atoms with Gasteiger partial charge in [0.05, 0.1) is 16.5 Å². The number of carbonyl (C=O) groups is 1. The molecule has 50 heavy (non-hydrogen) atoms. The van der Waals surface area contributed by atoms with Crippen LogP contribution >= 0.6 is 11.8 Å². The van der Waals surface area contributed by atoms with Gasteiger partial charge in [0, 0.05) is 41.9 Å². The standard InChI is InChI=1S/C38H43F3N6O2S/c1-21(34(43)48)16-22-8-6-9-23(17-22)38(4)14-7-13-37(2,3)20-50-19-28(42)29-25-12-15-44-32(25)30(40)31(41)33(29)49-24-10-11-27(39)26(18-24)35-45-36(38)46-47(35)5/h6,8-12,15,17-18,21,28,44H,7,13-14,16,19-20,42H2,1-5H3,(H2,43,48)/t21?,28?,38-/m1/s1. The second-order valence-corrected chi connectivity index (χ2v) is 15.5. The summed E-state index contributed by atoms with van der Waals surface area (Å²) in [6, 6.07) is 13.0. The van der Waals surface area contributed by atoms with Crippen LogP contribution in [0.5, 0.6) is 11.5 Å². The average molecular weight is 705 g/mol. The van der Waals surface area contributed by atoms with Gasteiger partial charge in [-0.2, -0.15) is 21.3 Å². The summed E-state index contributed by atoms with van der Waals surface area (Å²) in [5.74, 6) is -1.83. The molecule has 2 unspecified atom stereocenters. The molecule has 8 nitrogen and oxygen atoms in total. The molecule has 1 amide bonds. The quantitative estimate of drug-likeness (QED) is 0.174. The molecule has 2 aromatic heterocycles. The maximum absolute atomic E-state index is 15.8. The third kappa shape index (κ3) is 6.87. The third-order valence-electron chi connectivity index (χ3n) is 9.83. The Morgan fingerprint density at radius 3 is 2.66 bits per heavy atom. The third-order valence-corrected chi connectivity index (χ3v) is 11.4. The van der Waals surface area contributed by atoms with Crippen molar-refractivity contribution in [2.45, 2.75) is 64.8 Å². The van der Waals surface area contributed by atoms with Crippen LogP contribution in [-0.4, -0.2) is 37.2 Å². The summed E-state index contributed by atoms with van der Waals surface area (Å²) in [7, 11) is 1.69. The molecule has 4 bridgehead atoms. The van der Waals surface area contributed by atoms with Gasteiger partial charge in [-0.15, -0.1) is 0 Å². The molecule has 1 aliphatic rings. The molecule has 0 spiro atoms. The van der Waals surface area contributed by atoms with Crippen LogP contribution in [0.25, 0.3) is 22.3 Å². The predicted octanol–water partition coefficient (Wildman–Crippen LogP) is 8.09. The summed E-state index contributed by atoms with van der Waals surface area (Å²) in [6.07, 6.45) is 4.44. The molecule has 3 atom stereocenters. The first kappa shape index (κ1) is 35.5. The Morgan fingerprint density at radius 2 is 1.90 bits per heavy atom. The zero-order valence-corrected chi connectivity index (χ0v) is 29.8. The van der Waals surface area contributed by atoms with E-state index in [-0.39, 0.29) is 45.6 Å². The number of rotatable bonds is 4. The highest BCUT2D eigenvalue weighted by Gasteiger charge is 2.36. The number of aryl methyl sites for hydroxylation is 1. The Hall–Kier alpha value is -4.29. The van der Waals surface area contributed by atoms with Crippen molar-refractivity contribution in [1.82, 2.24) is 19.7 Å². The van der Waals surface area contributed by atoms with Crippen LogP contribution < -0.4 is 16.2 Å². The number of amides is 1. The van der Waals surface area contributed by atoms with E-state index in [0.717, 1.165) is 29.7 Å². The Balaban J connectivity index is 1.49. The monoisotopic (exact) mass is 704 g/mol. The van der Waals surface area contributed by atoms with E-state index in [1.165, 1.54) is 29.1 Å². The maximum Gasteiger partial charge on any atom is 0.220 e. The summed E-state index contributed by atoms with van der Waals surface area (Å²) in [5.41, 5.74) is 13.9. The van der Waals surface area contributed by atoms with E-state index in [1.54, 1.807) is 24.9 Å². The topological polar surface area (TPSA) is 125 Å². The number of nitrogens with one attached hydrogen (secondary N) is 1. The van der Waals surface area contributed by atoms with E-state index >= 15 is 13.2 Å². The highest BCUT2D eigenvalue weighted by molar-refractivity contribution is 7.99. The van der Waals surface area contributed by atoms with Gasteiger partial charge in [0.2, 0.25) is 11.7 Å². The molecule has 5 aromatic rings. The highest BCUT2D eigenvalue weighted by atomic mass is 32.2. The average Bonchev–Trinajstić information content (AvgIpc) is 3.71. The summed E-state index contributed by atoms with van der Waals surface area (Å²) >= 11 is 1.65. The number of aromatic amines is 1. The van der Waals surface area contributed by atoms with Gasteiger partial charge in [-0.25, -0.2) is 18.4 Å². The number of ether oxygens (including phenoxy) is 1. The van der Waals surface area contributed by atoms with E-state index in [0.29, 0.717) is 35.4 Å². The molecule has 0 aliphatic carbocycles. The van der Waals surface area contributed by atoms with Crippen LogP contribution in [0.15, 0.2) is 54.7 Å². The van der Waals surface area contributed by atoms with Crippen LogP contribution in [0.2, 0.25) is 0 Å². The van der Waals surface area contributed by atoms with E-state index in [9.17, 15) is 4.79 Å². The van der Waals surface area contributed by atoms with Gasteiger partial charge >= 0.3 is 0 Å². The molecule has 3 heterocycles. The molecule has 5 N–H and O–H groups in total. The molecular formula is C38H43F3N6O2S. The van der Waals surface area contributed by atoms with E-state index in [1.807, 2.05) is 25.1 Å². The minimum absolute atomic E-state index is 0.00940. The van der Waals surface area contributed by atoms with Crippen LogP contribution in [0.4, 0.5) is 13.2 Å². The normalized spacial score (nSPS) is 20.4. The lowest BCUT2D eigenvalue weighted by molar-refractivity contribution is -0.121. The van der Waals surface area contributed by atoms with Gasteiger partial charge in [0.1, 0.15) is 11.6 Å². The van der Waals surface area contributed by atoms with Crippen molar-refractivity contribution in [2.75, 3.05) is 11.5 Å². The lowest BCUT2D eigenvalue weighted by Crippen LogP contribution is -2.27. The number of nitrogens with two attached hydrogens (primary N) is 2. The lowest BCUT2D eigenvalue weighted by Gasteiger charge is -2.31. The number of nitrogens with zero attached hydrogens (tertiary/aromatic N) is 3. The second-order valence-electron chi connectivity index (χ2n) is 14.4. The molecule has 6 rings (SSSR count). The minimum Gasteiger partial charge on any atom is -0.454 e. The molecule has 0 radical (unpaired) electrons. The van der Waals surface area contributed by atoms with Gasteiger partial charge in [-0.1, -0.05) is 51.5 Å². The molecule has 1 aliphatic heterocycles. The van der Waals surface area contributed by atoms with Crippen molar-refractivity contribution < 1.29 is 22.7 Å². The largest absolute Gasteiger partial charge is 0.454 e. The predicted molar refractivity (Wildman–Crippen MR) is 192 cm³/mol. The number of thioether (sulfide) groups is 1. The molecule has 3 aromatic carbocycles. The Morgan fingerprint density at radius 1 is 1.12 bits per heavy atom. The summed E-state index contributed by atoms with van der Waals surface area (Å²) < 4.78 is 54.3. The van der Waals surface area contributed by atoms with Gasteiger partial charge < -0.3 is 21.2 Å². The number of hydrogen-bond acceptors (Lipinski definition) is 6. The number of benzene rings is 3. The Kier molecular flexibility index (Phi) is 9.80. The van der Waals surface area contributed by atoms with E-state index in [2.05, 4.69) is 31.8 Å². The smallest absolute Gasteiger partial charge is 0.220 e. The molecule has 264 valence electrons. The lowest BCUT2D eigenvalue weighted by atomic mass is 9.75. The van der Waals surface area contributed by atoms with Crippen LogP contribution in [0.3, 0.4) is 0 Å². The second kappa shape index (κ2) is 13.8. The van der Waals surface area contributed by atoms with Crippen molar-refractivity contribution in [3.8, 4) is 22.9 Å². The van der Waals surface area contributed by atoms with Crippen molar-refractivity contribution in [3.05, 3.63) is 94.7 Å². The van der Waals surface area contributed by atoms with Crippen molar-refractivity contribution in [2.24, 2.45) is 29.8 Å². The van der Waals surface area contributed by atoms with Crippen LogP contribution in [0, 0.1) is 28.8 Å². The minimum atomic E-state index is -1.18. The number of fused-ring (bicyclic) bond motifs is 8. The van der Waals surface area contributed by atoms with Crippen molar-refractivity contribution >= 4 is 28.6 Å². The first-order chi connectivity index (χ1) is 23.7. The number of carbonyl (C=O) groups excluding carboxylic acids is 1. The summed E-state index contributed by atoms with van der Waals surface area (Å²) in [4.78, 5) is 19.6. The molecule has 0 fully saturated rings. The zero-order valence-electron chi connectivity index (χ0n) is 28.9. The van der Waals surface area contributed by atoms with Crippen molar-refractivity contribution in [3.63, 3.8) is 0 Å². The number of aromatic nitrogens is 4. The fourth-order valence-electron chi connectivity index (χ4n) is 6.82. The molecule has 0 saturated carbocycles. The van der Waals surface area contributed by atoms with Gasteiger partial charge in [-0.3, -0.25) is 4.79 Å². The molecular weight excluding hydrogens is 662 g/mol. The van der Waals surface area contributed by atoms with Crippen molar-refractivity contribution in [1.29, 1.82) is 0 Å². The number of primary amides is 1. The molecule has 0 saturated heterocycles. The van der Waals surface area contributed by atoms with Gasteiger partial charge in [0.15, 0.2) is 23.2 Å². The summed E-state index contributed by atoms with van der Waals surface area (Å²) in [6.45, 7) is 8.31. The zero-order chi connectivity index (χ0) is 36.0. The first-order valence-electron chi connectivity index (χ1n) is 16.8. The summed E-state index contributed by atoms with van der Waals surface area (Å²) in [5, 5.41) is 5.26. The van der Waals surface area contributed by atoms with Crippen LogP contribution in [0.1, 0.15) is 75.5 Å². The number of hydrogen-bond donors (Lipinski definition) is 3. The number of halogens is 3. The maximum atomic E-state index is 15.8. The Labute approximate surface area is 294 Å². The fraction of sp³-hybridized carbons (Fsp3) is 0.395. The highest BCUT2D eigenvalue weighted by Crippen LogP contribution is 2.43. The van der Waals surface area contributed by atoms with Gasteiger partial charge in [0.25, 0.3) is 0 Å². The SMILES string of the molecule is CC(Cc1cccc([C@@]2(C)CCCC(C)(C)CSCC(N)c3c(c(F)c(F)c4[nH]ccc34)Oc3ccc(F)c(c3)-c3nc2nn3C)c1)C(N)=O. The first-order valence-corrected chi connectivity index (χ1v) is 17.9. The van der Waals surface area contributed by atoms with Crippen LogP contribution in [-0.2, 0) is 23.7 Å². The molecule has 12 heteroatoms.